The quantitative estimate of drug-likeness (QED) is 0.495. The largest absolute Gasteiger partial charge is 0.421 e. The van der Waals surface area contributed by atoms with Gasteiger partial charge < -0.3 is 4.42 Å². The summed E-state index contributed by atoms with van der Waals surface area (Å²) in [6.45, 7) is 0. The fraction of sp³-hybridized carbons (Fsp3) is 0.167. The minimum atomic E-state index is -4.34. The van der Waals surface area contributed by atoms with Gasteiger partial charge in [-0.1, -0.05) is 18.2 Å². The highest BCUT2D eigenvalue weighted by molar-refractivity contribution is 7.16. The van der Waals surface area contributed by atoms with Crippen LogP contribution in [0.5, 0.6) is 0 Å². The normalized spacial score (nSPS) is 12.0. The van der Waals surface area contributed by atoms with E-state index in [1.54, 1.807) is 11.6 Å². The third-order valence-electron chi connectivity index (χ3n) is 3.93. The zero-order valence-electron chi connectivity index (χ0n) is 13.3. The van der Waals surface area contributed by atoms with E-state index in [1.165, 1.54) is 17.4 Å². The molecule has 0 aliphatic rings. The Labute approximate surface area is 150 Å². The molecule has 26 heavy (non-hydrogen) atoms. The maximum Gasteiger partial charge on any atom is 0.416 e. The fourth-order valence-corrected chi connectivity index (χ4v) is 3.33. The number of aromatic nitrogens is 3. The average molecular weight is 375 g/mol. The van der Waals surface area contributed by atoms with E-state index in [4.69, 9.17) is 4.42 Å². The summed E-state index contributed by atoms with van der Waals surface area (Å²) in [5.74, 6) is 0.779. The van der Waals surface area contributed by atoms with Crippen LogP contribution in [-0.2, 0) is 19.0 Å². The van der Waals surface area contributed by atoms with Gasteiger partial charge in [0.2, 0.25) is 11.8 Å². The summed E-state index contributed by atoms with van der Waals surface area (Å²) in [6, 6.07) is 10.9. The number of hydrogen-bond donors (Lipinski definition) is 0. The number of rotatable bonds is 4. The molecule has 2 heterocycles. The maximum absolute atomic E-state index is 12.8. The number of thiazole rings is 1. The van der Waals surface area contributed by atoms with Crippen LogP contribution in [-0.4, -0.2) is 15.2 Å². The minimum Gasteiger partial charge on any atom is -0.421 e. The van der Waals surface area contributed by atoms with E-state index in [2.05, 4.69) is 15.2 Å². The van der Waals surface area contributed by atoms with Crippen molar-refractivity contribution < 1.29 is 17.6 Å². The zero-order chi connectivity index (χ0) is 18.1. The summed E-state index contributed by atoms with van der Waals surface area (Å²) in [5, 5.41) is 8.03. The van der Waals surface area contributed by atoms with Gasteiger partial charge in [-0.25, -0.2) is 4.98 Å². The summed E-state index contributed by atoms with van der Waals surface area (Å²) in [6.07, 6.45) is -3.58. The predicted octanol–water partition coefficient (Wildman–Crippen LogP) is 5.15. The van der Waals surface area contributed by atoms with Crippen molar-refractivity contribution in [2.75, 3.05) is 0 Å². The summed E-state index contributed by atoms with van der Waals surface area (Å²) >= 11 is 1.52. The molecule has 0 unspecified atom stereocenters. The van der Waals surface area contributed by atoms with E-state index in [9.17, 15) is 13.2 Å². The Hall–Kier alpha value is -2.74. The molecule has 0 spiro atoms. The molecule has 0 saturated carbocycles. The highest BCUT2D eigenvalue weighted by atomic mass is 32.1. The molecule has 8 heteroatoms. The molecule has 0 N–H and O–H groups in total. The third kappa shape index (κ3) is 3.45. The van der Waals surface area contributed by atoms with Crippen LogP contribution in [0.2, 0.25) is 0 Å². The van der Waals surface area contributed by atoms with Gasteiger partial charge in [0, 0.05) is 12.0 Å². The number of aryl methyl sites for hydroxylation is 2. The number of nitrogens with zero attached hydrogens (tertiary/aromatic N) is 3. The molecular weight excluding hydrogens is 363 g/mol. The first-order valence-corrected chi connectivity index (χ1v) is 8.69. The van der Waals surface area contributed by atoms with Crippen LogP contribution in [0.15, 0.2) is 52.4 Å². The lowest BCUT2D eigenvalue weighted by atomic mass is 10.1. The first-order valence-electron chi connectivity index (χ1n) is 7.81. The average Bonchev–Trinajstić information content (AvgIpc) is 3.28. The number of halogens is 3. The van der Waals surface area contributed by atoms with E-state index < -0.39 is 11.7 Å². The lowest BCUT2D eigenvalue weighted by molar-refractivity contribution is -0.137. The zero-order valence-corrected chi connectivity index (χ0v) is 14.1. The Morgan fingerprint density at radius 1 is 1.00 bits per heavy atom. The number of hydrogen-bond acceptors (Lipinski definition) is 5. The van der Waals surface area contributed by atoms with Gasteiger partial charge >= 0.3 is 6.18 Å². The molecule has 0 atom stereocenters. The van der Waals surface area contributed by atoms with Crippen molar-refractivity contribution in [1.29, 1.82) is 0 Å². The summed E-state index contributed by atoms with van der Waals surface area (Å²) < 4.78 is 45.0. The van der Waals surface area contributed by atoms with E-state index >= 15 is 0 Å². The van der Waals surface area contributed by atoms with Gasteiger partial charge in [-0.2, -0.15) is 13.2 Å². The second-order valence-electron chi connectivity index (χ2n) is 5.73. The van der Waals surface area contributed by atoms with Crippen molar-refractivity contribution in [2.24, 2.45) is 0 Å². The highest BCUT2D eigenvalue weighted by Crippen LogP contribution is 2.30. The van der Waals surface area contributed by atoms with Crippen LogP contribution >= 0.6 is 11.3 Å². The van der Waals surface area contributed by atoms with E-state index in [-0.39, 0.29) is 0 Å². The highest BCUT2D eigenvalue weighted by Gasteiger charge is 2.30. The van der Waals surface area contributed by atoms with Gasteiger partial charge in [-0.05, 0) is 36.2 Å². The SMILES string of the molecule is FC(F)(F)c1cccc(CCc2nnc(-c3ccc4ncsc4c3)o2)c1. The Bertz CT molecular complexity index is 1050. The molecule has 0 bridgehead atoms. The minimum absolute atomic E-state index is 0.372. The van der Waals surface area contributed by atoms with Crippen LogP contribution in [0.4, 0.5) is 13.2 Å². The van der Waals surface area contributed by atoms with Crippen LogP contribution < -0.4 is 0 Å². The van der Waals surface area contributed by atoms with Gasteiger partial charge in [0.25, 0.3) is 0 Å². The van der Waals surface area contributed by atoms with Crippen molar-refractivity contribution in [3.05, 3.63) is 65.0 Å². The standard InChI is InChI=1S/C18H12F3N3OS/c19-18(20,21)13-3-1-2-11(8-13)4-7-16-23-24-17(25-16)12-5-6-14-15(9-12)26-10-22-14/h1-3,5-6,8-10H,4,7H2. The van der Waals surface area contributed by atoms with Crippen molar-refractivity contribution in [1.82, 2.24) is 15.2 Å². The molecule has 0 fully saturated rings. The molecule has 0 aliphatic heterocycles. The van der Waals surface area contributed by atoms with Gasteiger partial charge in [0.05, 0.1) is 21.3 Å². The second-order valence-corrected chi connectivity index (χ2v) is 6.62. The van der Waals surface area contributed by atoms with E-state index in [1.807, 2.05) is 18.2 Å². The third-order valence-corrected chi connectivity index (χ3v) is 4.72. The van der Waals surface area contributed by atoms with Crippen molar-refractivity contribution in [2.45, 2.75) is 19.0 Å². The summed E-state index contributed by atoms with van der Waals surface area (Å²) in [7, 11) is 0. The molecule has 132 valence electrons. The lowest BCUT2D eigenvalue weighted by Crippen LogP contribution is -2.05. The Balaban J connectivity index is 1.48. The molecule has 2 aromatic carbocycles. The van der Waals surface area contributed by atoms with Gasteiger partial charge in [-0.3, -0.25) is 0 Å². The first-order chi connectivity index (χ1) is 12.5. The molecule has 0 aliphatic carbocycles. The molecular formula is C18H12F3N3OS. The van der Waals surface area contributed by atoms with Crippen LogP contribution in [0, 0.1) is 0 Å². The molecule has 4 rings (SSSR count). The van der Waals surface area contributed by atoms with Crippen molar-refractivity contribution in [3.63, 3.8) is 0 Å². The van der Waals surface area contributed by atoms with Crippen LogP contribution in [0.3, 0.4) is 0 Å². The second kappa shape index (κ2) is 6.53. The number of benzene rings is 2. The maximum atomic E-state index is 12.8. The molecule has 0 saturated heterocycles. The molecule has 0 amide bonds. The topological polar surface area (TPSA) is 51.8 Å². The monoisotopic (exact) mass is 375 g/mol. The van der Waals surface area contributed by atoms with Crippen molar-refractivity contribution >= 4 is 21.6 Å². The molecule has 4 aromatic rings. The molecule has 0 radical (unpaired) electrons. The molecule has 4 nitrogen and oxygen atoms in total. The van der Waals surface area contributed by atoms with E-state index in [0.717, 1.165) is 27.9 Å². The number of alkyl halides is 3. The first kappa shape index (κ1) is 16.7. The van der Waals surface area contributed by atoms with Crippen LogP contribution in [0.25, 0.3) is 21.7 Å². The van der Waals surface area contributed by atoms with Gasteiger partial charge in [0.1, 0.15) is 0 Å². The fourth-order valence-electron chi connectivity index (χ4n) is 2.61. The van der Waals surface area contributed by atoms with Crippen LogP contribution in [0.1, 0.15) is 17.0 Å². The van der Waals surface area contributed by atoms with Gasteiger partial charge in [-0.15, -0.1) is 21.5 Å². The Kier molecular flexibility index (Phi) is 4.20. The number of fused-ring (bicyclic) bond motifs is 1. The lowest BCUT2D eigenvalue weighted by Gasteiger charge is -2.07. The van der Waals surface area contributed by atoms with E-state index in [0.29, 0.717) is 30.2 Å². The summed E-state index contributed by atoms with van der Waals surface area (Å²) in [5.41, 5.74) is 3.38. The molecule has 2 aromatic heterocycles. The predicted molar refractivity (Wildman–Crippen MR) is 91.8 cm³/mol. The Morgan fingerprint density at radius 3 is 2.73 bits per heavy atom. The van der Waals surface area contributed by atoms with Crippen molar-refractivity contribution in [3.8, 4) is 11.5 Å². The summed E-state index contributed by atoms with van der Waals surface area (Å²) in [4.78, 5) is 4.22. The smallest absolute Gasteiger partial charge is 0.416 e. The van der Waals surface area contributed by atoms with Gasteiger partial charge in [0.15, 0.2) is 0 Å². The Morgan fingerprint density at radius 2 is 1.88 bits per heavy atom.